The number of nitrogens with zero attached hydrogens (tertiary/aromatic N) is 2. The second-order valence-corrected chi connectivity index (χ2v) is 13.4. The highest BCUT2D eigenvalue weighted by molar-refractivity contribution is 6.58. The molecule has 3 fully saturated rings. The minimum absolute atomic E-state index is 0.0430. The summed E-state index contributed by atoms with van der Waals surface area (Å²) >= 11 is 14.1. The van der Waals surface area contributed by atoms with E-state index in [9.17, 15) is 37.1 Å². The smallest absolute Gasteiger partial charge is 0.303 e. The van der Waals surface area contributed by atoms with Crippen LogP contribution in [-0.2, 0) is 24.0 Å². The normalized spacial score (nSPS) is 29.2. The average Bonchev–Trinajstić information content (AvgIpc) is 3.40. The molecule has 6 atom stereocenters. The van der Waals surface area contributed by atoms with E-state index >= 15 is 8.78 Å². The molecular weight excluding hydrogens is 706 g/mol. The van der Waals surface area contributed by atoms with Crippen LogP contribution in [0.2, 0.25) is 0 Å². The number of carboxylic acid groups (broad SMARTS) is 1. The monoisotopic (exact) mass is 730 g/mol. The fraction of sp³-hybridized carbons (Fsp3) is 0.406. The summed E-state index contributed by atoms with van der Waals surface area (Å²) in [6.45, 7) is -0.605. The minimum Gasteiger partial charge on any atom is -0.491 e. The Morgan fingerprint density at radius 1 is 0.898 bits per heavy atom. The molecule has 4 amide bonds. The number of likely N-dealkylation sites (tertiary alicyclic amines) is 1. The third-order valence-corrected chi connectivity index (χ3v) is 11.1. The molecule has 2 saturated heterocycles. The van der Waals surface area contributed by atoms with Crippen molar-refractivity contribution < 1.29 is 60.9 Å². The van der Waals surface area contributed by atoms with E-state index in [0.29, 0.717) is 0 Å². The number of fused-ring (bicyclic) bond motifs is 4. The number of amides is 4. The van der Waals surface area contributed by atoms with Gasteiger partial charge < -0.3 is 14.9 Å². The molecule has 0 aromatic heterocycles. The van der Waals surface area contributed by atoms with Crippen molar-refractivity contribution >= 4 is 58.5 Å². The number of anilines is 1. The Bertz CT molecular complexity index is 1810. The van der Waals surface area contributed by atoms with Gasteiger partial charge in [-0.05, 0) is 42.9 Å². The molecule has 2 aromatic rings. The topological polar surface area (TPSA) is 142 Å². The maximum absolute atomic E-state index is 15.1. The first-order chi connectivity index (χ1) is 23.1. The standard InChI is InChI=1S/C32H25Cl2F5N2O8/c33-31-12-17-15(7-8-16-19(17)28(46)40(27(16)45)9-1-2-18(43)44)20(13-3-5-14(6-4-13)49-11-10-42)32(31,34)30(48)41(29(31)47)26-24(38)22(36)21(35)23(37)25(26)39/h3-7,16-17,19-20,42H,1-2,8-12H2,(H,43,44). The van der Waals surface area contributed by atoms with Gasteiger partial charge in [-0.3, -0.25) is 28.9 Å². The lowest BCUT2D eigenvalue weighted by Gasteiger charge is -2.50. The molecule has 2 N–H and O–H groups in total. The number of aliphatic hydroxyl groups excluding tert-OH is 1. The van der Waals surface area contributed by atoms with Gasteiger partial charge in [0.2, 0.25) is 17.6 Å². The number of alkyl halides is 2. The lowest BCUT2D eigenvalue weighted by atomic mass is 9.56. The molecule has 1 saturated carbocycles. The molecule has 17 heteroatoms. The number of carbonyl (C=O) groups is 5. The van der Waals surface area contributed by atoms with Crippen molar-refractivity contribution in [3.05, 3.63) is 70.6 Å². The first kappa shape index (κ1) is 34.8. The molecule has 2 aromatic carbocycles. The van der Waals surface area contributed by atoms with Gasteiger partial charge in [-0.15, -0.1) is 23.2 Å². The summed E-state index contributed by atoms with van der Waals surface area (Å²) in [5.74, 6) is -22.4. The molecule has 2 aliphatic heterocycles. The Kier molecular flexibility index (Phi) is 8.77. The molecule has 2 aliphatic carbocycles. The summed E-state index contributed by atoms with van der Waals surface area (Å²) in [5, 5.41) is 18.1. The first-order valence-corrected chi connectivity index (χ1v) is 15.8. The molecule has 0 spiro atoms. The van der Waals surface area contributed by atoms with Gasteiger partial charge in [0.1, 0.15) is 18.0 Å². The maximum atomic E-state index is 15.1. The Morgan fingerprint density at radius 3 is 2.10 bits per heavy atom. The van der Waals surface area contributed by atoms with Gasteiger partial charge >= 0.3 is 5.97 Å². The highest BCUT2D eigenvalue weighted by Crippen LogP contribution is 2.66. The van der Waals surface area contributed by atoms with E-state index in [1.807, 2.05) is 0 Å². The van der Waals surface area contributed by atoms with Crippen molar-refractivity contribution in [3.63, 3.8) is 0 Å². The predicted molar refractivity (Wildman–Crippen MR) is 159 cm³/mol. The zero-order valence-electron chi connectivity index (χ0n) is 25.0. The number of benzene rings is 2. The quantitative estimate of drug-likeness (QED) is 0.0978. The molecule has 10 nitrogen and oxygen atoms in total. The van der Waals surface area contributed by atoms with Crippen LogP contribution in [-0.4, -0.2) is 74.2 Å². The van der Waals surface area contributed by atoms with Crippen molar-refractivity contribution in [2.24, 2.45) is 17.8 Å². The van der Waals surface area contributed by atoms with Gasteiger partial charge in [-0.1, -0.05) is 23.8 Å². The molecule has 0 radical (unpaired) electrons. The maximum Gasteiger partial charge on any atom is 0.303 e. The van der Waals surface area contributed by atoms with E-state index in [1.165, 1.54) is 24.3 Å². The summed E-state index contributed by atoms with van der Waals surface area (Å²) in [6.07, 6.45) is 0.480. The molecule has 6 rings (SSSR count). The van der Waals surface area contributed by atoms with Gasteiger partial charge in [0.15, 0.2) is 33.0 Å². The molecule has 0 bridgehead atoms. The summed E-state index contributed by atoms with van der Waals surface area (Å²) in [7, 11) is 0. The number of halogens is 7. The Balaban J connectivity index is 1.51. The number of aliphatic carboxylic acids is 1. The highest BCUT2D eigenvalue weighted by atomic mass is 35.5. The SMILES string of the molecule is O=C(O)CCCN1C(=O)C2CC=C3C(CC4(Cl)C(=O)N(c5c(F)c(F)c(F)c(F)c5F)C(=O)C4(Cl)C3c3ccc(OCCO)cc3)C2C1=O. The van der Waals surface area contributed by atoms with Crippen molar-refractivity contribution in [1.82, 2.24) is 4.90 Å². The average molecular weight is 731 g/mol. The molecule has 6 unspecified atom stereocenters. The number of imide groups is 2. The largest absolute Gasteiger partial charge is 0.491 e. The number of aliphatic hydroxyl groups is 1. The van der Waals surface area contributed by atoms with Gasteiger partial charge in [0.25, 0.3) is 11.8 Å². The fourth-order valence-corrected chi connectivity index (χ4v) is 8.47. The number of carbonyl (C=O) groups excluding carboxylic acids is 4. The van der Waals surface area contributed by atoms with Crippen LogP contribution in [0.4, 0.5) is 27.6 Å². The van der Waals surface area contributed by atoms with E-state index in [4.69, 9.17) is 38.2 Å². The van der Waals surface area contributed by atoms with Crippen molar-refractivity contribution in [1.29, 1.82) is 0 Å². The second-order valence-electron chi connectivity index (χ2n) is 12.2. The van der Waals surface area contributed by atoms with E-state index < -0.39 is 104 Å². The lowest BCUT2D eigenvalue weighted by molar-refractivity contribution is -0.142. The van der Waals surface area contributed by atoms with Crippen LogP contribution in [0.3, 0.4) is 0 Å². The summed E-state index contributed by atoms with van der Waals surface area (Å²) in [5.41, 5.74) is -1.43. The zero-order valence-corrected chi connectivity index (χ0v) is 26.5. The van der Waals surface area contributed by atoms with E-state index in [0.717, 1.165) is 4.90 Å². The minimum atomic E-state index is -2.67. The molecule has 260 valence electrons. The third-order valence-electron chi connectivity index (χ3n) is 9.66. The molecule has 49 heavy (non-hydrogen) atoms. The summed E-state index contributed by atoms with van der Waals surface area (Å²) in [4.78, 5) is 62.0. The number of hydrogen-bond acceptors (Lipinski definition) is 7. The van der Waals surface area contributed by atoms with Crippen LogP contribution >= 0.6 is 23.2 Å². The number of ether oxygens (including phenoxy) is 1. The van der Waals surface area contributed by atoms with Crippen LogP contribution in [0.1, 0.15) is 37.2 Å². The Labute approximate surface area is 284 Å². The second kappa shape index (κ2) is 12.4. The zero-order chi connectivity index (χ0) is 35.7. The number of hydrogen-bond donors (Lipinski definition) is 2. The van der Waals surface area contributed by atoms with Crippen LogP contribution < -0.4 is 9.64 Å². The first-order valence-electron chi connectivity index (χ1n) is 15.0. The van der Waals surface area contributed by atoms with Gasteiger partial charge in [-0.25, -0.2) is 26.9 Å². The van der Waals surface area contributed by atoms with Crippen molar-refractivity contribution in [2.45, 2.75) is 41.3 Å². The highest BCUT2D eigenvalue weighted by Gasteiger charge is 2.77. The Morgan fingerprint density at radius 2 is 1.51 bits per heavy atom. The number of carboxylic acids is 1. The summed E-state index contributed by atoms with van der Waals surface area (Å²) < 4.78 is 78.3. The van der Waals surface area contributed by atoms with E-state index in [2.05, 4.69) is 0 Å². The van der Waals surface area contributed by atoms with E-state index in [1.54, 1.807) is 6.08 Å². The predicted octanol–water partition coefficient (Wildman–Crippen LogP) is 4.18. The summed E-state index contributed by atoms with van der Waals surface area (Å²) in [6, 6.07) is 5.70. The van der Waals surface area contributed by atoms with Crippen molar-refractivity contribution in [3.8, 4) is 5.75 Å². The molecule has 4 aliphatic rings. The van der Waals surface area contributed by atoms with Crippen LogP contribution in [0.25, 0.3) is 0 Å². The van der Waals surface area contributed by atoms with Crippen LogP contribution in [0, 0.1) is 46.8 Å². The molecule has 2 heterocycles. The molecular formula is C32H25Cl2F5N2O8. The number of allylic oxidation sites excluding steroid dienone is 2. The number of rotatable bonds is 9. The van der Waals surface area contributed by atoms with Crippen LogP contribution in [0.5, 0.6) is 5.75 Å². The van der Waals surface area contributed by atoms with E-state index in [-0.39, 0.29) is 60.8 Å². The van der Waals surface area contributed by atoms with Crippen LogP contribution in [0.15, 0.2) is 35.9 Å². The van der Waals surface area contributed by atoms with Gasteiger partial charge in [0.05, 0.1) is 18.4 Å². The van der Waals surface area contributed by atoms with Gasteiger partial charge in [0, 0.05) is 18.9 Å². The lowest BCUT2D eigenvalue weighted by Crippen LogP contribution is -2.60. The van der Waals surface area contributed by atoms with Crippen molar-refractivity contribution in [2.75, 3.05) is 24.7 Å². The Hall–Kier alpha value is -4.08. The third kappa shape index (κ3) is 4.95. The van der Waals surface area contributed by atoms with Gasteiger partial charge in [-0.2, -0.15) is 0 Å². The fourth-order valence-electron chi connectivity index (χ4n) is 7.53.